The van der Waals surface area contributed by atoms with Crippen LogP contribution in [-0.2, 0) is 4.74 Å². The first kappa shape index (κ1) is 16.0. The fourth-order valence-corrected chi connectivity index (χ4v) is 2.35. The zero-order valence-corrected chi connectivity index (χ0v) is 13.4. The molecule has 0 saturated carbocycles. The van der Waals surface area contributed by atoms with E-state index in [-0.39, 0.29) is 6.03 Å². The quantitative estimate of drug-likeness (QED) is 0.705. The van der Waals surface area contributed by atoms with E-state index in [4.69, 9.17) is 9.47 Å². The molecule has 1 N–H and O–H groups in total. The highest BCUT2D eigenvalue weighted by atomic mass is 16.5. The molecule has 2 aromatic heterocycles. The van der Waals surface area contributed by atoms with Gasteiger partial charge in [0.05, 0.1) is 12.1 Å². The van der Waals surface area contributed by atoms with Crippen molar-refractivity contribution in [1.82, 2.24) is 14.9 Å². The molecule has 1 aromatic carbocycles. The Hall–Kier alpha value is -2.86. The van der Waals surface area contributed by atoms with Crippen LogP contribution in [0.1, 0.15) is 6.92 Å². The Morgan fingerprint density at radius 2 is 2.17 bits per heavy atom. The maximum atomic E-state index is 12.2. The average Bonchev–Trinajstić information content (AvgIpc) is 3.03. The summed E-state index contributed by atoms with van der Waals surface area (Å²) in [5.41, 5.74) is 0.817. The Morgan fingerprint density at radius 1 is 1.25 bits per heavy atom. The molecule has 0 bridgehead atoms. The molecule has 0 aliphatic carbocycles. The highest BCUT2D eigenvalue weighted by molar-refractivity contribution is 5.92. The molecule has 1 amide bonds. The van der Waals surface area contributed by atoms with Crippen molar-refractivity contribution in [3.05, 3.63) is 54.9 Å². The number of fused-ring (bicyclic) bond motifs is 1. The maximum Gasteiger partial charge on any atom is 0.326 e. The van der Waals surface area contributed by atoms with Crippen LogP contribution in [0, 0.1) is 0 Å². The second-order valence-corrected chi connectivity index (χ2v) is 5.11. The van der Waals surface area contributed by atoms with E-state index in [0.717, 1.165) is 10.9 Å². The topological polar surface area (TPSA) is 65.4 Å². The third kappa shape index (κ3) is 3.72. The number of carbonyl (C=O) groups excluding carboxylic acids is 1. The number of pyridine rings is 1. The van der Waals surface area contributed by atoms with Gasteiger partial charge in [-0.15, -0.1) is 0 Å². The molecule has 0 fully saturated rings. The van der Waals surface area contributed by atoms with Crippen LogP contribution in [-0.4, -0.2) is 35.3 Å². The van der Waals surface area contributed by atoms with E-state index in [2.05, 4.69) is 10.3 Å². The lowest BCUT2D eigenvalue weighted by Gasteiger charge is -2.08. The van der Waals surface area contributed by atoms with E-state index in [1.807, 2.05) is 43.3 Å². The Balaban J connectivity index is 1.72. The van der Waals surface area contributed by atoms with E-state index >= 15 is 0 Å². The minimum atomic E-state index is -0.178. The van der Waals surface area contributed by atoms with E-state index < -0.39 is 0 Å². The van der Waals surface area contributed by atoms with E-state index in [9.17, 15) is 4.79 Å². The molecule has 3 rings (SSSR count). The van der Waals surface area contributed by atoms with Gasteiger partial charge in [0.25, 0.3) is 0 Å². The Morgan fingerprint density at radius 3 is 2.96 bits per heavy atom. The van der Waals surface area contributed by atoms with Crippen molar-refractivity contribution in [3.8, 4) is 11.6 Å². The highest BCUT2D eigenvalue weighted by Crippen LogP contribution is 2.25. The summed E-state index contributed by atoms with van der Waals surface area (Å²) >= 11 is 0. The summed E-state index contributed by atoms with van der Waals surface area (Å²) in [6.45, 7) is 3.55. The number of hydrogen-bond acceptors (Lipinski definition) is 4. The van der Waals surface area contributed by atoms with Gasteiger partial charge in [0.1, 0.15) is 5.75 Å². The molecule has 3 aromatic rings. The van der Waals surface area contributed by atoms with Gasteiger partial charge in [-0.05, 0) is 37.3 Å². The number of nitrogens with zero attached hydrogens (tertiary/aromatic N) is 2. The van der Waals surface area contributed by atoms with Crippen LogP contribution in [0.4, 0.5) is 4.79 Å². The number of ether oxygens (including phenoxy) is 2. The monoisotopic (exact) mass is 325 g/mol. The lowest BCUT2D eigenvalue weighted by molar-refractivity contribution is 0.149. The molecule has 6 nitrogen and oxygen atoms in total. The van der Waals surface area contributed by atoms with Crippen molar-refractivity contribution >= 4 is 16.9 Å². The third-order valence-corrected chi connectivity index (χ3v) is 3.47. The maximum absolute atomic E-state index is 12.2. The van der Waals surface area contributed by atoms with Crippen LogP contribution in [0.2, 0.25) is 0 Å². The molecule has 2 heterocycles. The second-order valence-electron chi connectivity index (χ2n) is 5.11. The van der Waals surface area contributed by atoms with Gasteiger partial charge in [0.2, 0.25) is 5.88 Å². The van der Waals surface area contributed by atoms with Gasteiger partial charge in [-0.2, -0.15) is 0 Å². The summed E-state index contributed by atoms with van der Waals surface area (Å²) in [6, 6.07) is 12.8. The Labute approximate surface area is 140 Å². The summed E-state index contributed by atoms with van der Waals surface area (Å²) in [7, 11) is 0. The Bertz CT molecular complexity index is 815. The second kappa shape index (κ2) is 7.61. The summed E-state index contributed by atoms with van der Waals surface area (Å²) in [5, 5.41) is 3.74. The number of rotatable bonds is 6. The summed E-state index contributed by atoms with van der Waals surface area (Å²) < 4.78 is 12.5. The van der Waals surface area contributed by atoms with Crippen LogP contribution in [0.3, 0.4) is 0 Å². The molecular weight excluding hydrogens is 306 g/mol. The third-order valence-electron chi connectivity index (χ3n) is 3.47. The van der Waals surface area contributed by atoms with Crippen LogP contribution in [0.5, 0.6) is 11.6 Å². The standard InChI is InChI=1S/C18H19N3O3/c1-2-23-12-10-20-18(22)21-11-8-14-13-15(6-7-16(14)21)24-17-5-3-4-9-19-17/h3-9,11,13H,2,10,12H2,1H3,(H,20,22). The number of carbonyl (C=O) groups is 1. The number of amides is 1. The summed E-state index contributed by atoms with van der Waals surface area (Å²) in [5.74, 6) is 1.21. The van der Waals surface area contributed by atoms with Crippen LogP contribution in [0.15, 0.2) is 54.9 Å². The Kier molecular flexibility index (Phi) is 5.08. The SMILES string of the molecule is CCOCCNC(=O)n1ccc2cc(Oc3ccccn3)ccc21. The first-order chi connectivity index (χ1) is 11.8. The van der Waals surface area contributed by atoms with Gasteiger partial charge in [-0.3, -0.25) is 4.57 Å². The van der Waals surface area contributed by atoms with Crippen molar-refractivity contribution in [2.24, 2.45) is 0 Å². The number of nitrogens with one attached hydrogen (secondary N) is 1. The van der Waals surface area contributed by atoms with Gasteiger partial charge in [-0.25, -0.2) is 9.78 Å². The zero-order valence-electron chi connectivity index (χ0n) is 13.4. The van der Waals surface area contributed by atoms with E-state index in [0.29, 0.717) is 31.4 Å². The highest BCUT2D eigenvalue weighted by Gasteiger charge is 2.09. The lowest BCUT2D eigenvalue weighted by atomic mass is 10.2. The van der Waals surface area contributed by atoms with Crippen molar-refractivity contribution in [3.63, 3.8) is 0 Å². The van der Waals surface area contributed by atoms with Crippen molar-refractivity contribution in [2.75, 3.05) is 19.8 Å². The first-order valence-electron chi connectivity index (χ1n) is 7.84. The van der Waals surface area contributed by atoms with Gasteiger partial charge >= 0.3 is 6.03 Å². The normalized spacial score (nSPS) is 10.7. The molecule has 6 heteroatoms. The van der Waals surface area contributed by atoms with Crippen molar-refractivity contribution in [2.45, 2.75) is 6.92 Å². The molecule has 124 valence electrons. The molecule has 0 spiro atoms. The van der Waals surface area contributed by atoms with Crippen LogP contribution < -0.4 is 10.1 Å². The predicted octanol–water partition coefficient (Wildman–Crippen LogP) is 3.42. The fourth-order valence-electron chi connectivity index (χ4n) is 2.35. The minimum Gasteiger partial charge on any atom is -0.439 e. The molecule has 0 saturated heterocycles. The first-order valence-corrected chi connectivity index (χ1v) is 7.84. The van der Waals surface area contributed by atoms with Crippen LogP contribution in [0.25, 0.3) is 10.9 Å². The summed E-state index contributed by atoms with van der Waals surface area (Å²) in [4.78, 5) is 16.3. The predicted molar refractivity (Wildman–Crippen MR) is 91.5 cm³/mol. The molecule has 0 aliphatic heterocycles. The van der Waals surface area contributed by atoms with Gasteiger partial charge < -0.3 is 14.8 Å². The zero-order chi connectivity index (χ0) is 16.8. The average molecular weight is 325 g/mol. The largest absolute Gasteiger partial charge is 0.439 e. The lowest BCUT2D eigenvalue weighted by Crippen LogP contribution is -2.30. The summed E-state index contributed by atoms with van der Waals surface area (Å²) in [6.07, 6.45) is 3.42. The molecule has 24 heavy (non-hydrogen) atoms. The van der Waals surface area contributed by atoms with E-state index in [1.165, 1.54) is 0 Å². The minimum absolute atomic E-state index is 0.178. The smallest absolute Gasteiger partial charge is 0.326 e. The van der Waals surface area contributed by atoms with Gasteiger partial charge in [0, 0.05) is 37.0 Å². The number of hydrogen-bond donors (Lipinski definition) is 1. The number of aromatic nitrogens is 2. The van der Waals surface area contributed by atoms with Crippen molar-refractivity contribution < 1.29 is 14.3 Å². The van der Waals surface area contributed by atoms with E-state index in [1.54, 1.807) is 23.0 Å². The van der Waals surface area contributed by atoms with Crippen molar-refractivity contribution in [1.29, 1.82) is 0 Å². The number of benzene rings is 1. The molecule has 0 unspecified atom stereocenters. The van der Waals surface area contributed by atoms with Gasteiger partial charge in [0.15, 0.2) is 0 Å². The van der Waals surface area contributed by atoms with Gasteiger partial charge in [-0.1, -0.05) is 6.07 Å². The fraction of sp³-hybridized carbons (Fsp3) is 0.222. The van der Waals surface area contributed by atoms with Crippen LogP contribution >= 0.6 is 0 Å². The molecule has 0 atom stereocenters. The molecule has 0 aliphatic rings. The molecule has 0 radical (unpaired) electrons. The molecular formula is C18H19N3O3.